The lowest BCUT2D eigenvalue weighted by Crippen LogP contribution is -2.24. The predicted molar refractivity (Wildman–Crippen MR) is 144 cm³/mol. The van der Waals surface area contributed by atoms with E-state index in [1.165, 1.54) is 43.7 Å². The fourth-order valence-electron chi connectivity index (χ4n) is 3.46. The van der Waals surface area contributed by atoms with Gasteiger partial charge in [-0.2, -0.15) is 5.10 Å². The summed E-state index contributed by atoms with van der Waals surface area (Å²) in [5.41, 5.74) is 5.09. The second-order valence-corrected chi connectivity index (χ2v) is 8.08. The fourth-order valence-corrected chi connectivity index (χ4v) is 3.46. The summed E-state index contributed by atoms with van der Waals surface area (Å²) in [6.07, 6.45) is 1.40. The number of amides is 1. The number of rotatable bonds is 10. The molecule has 0 saturated heterocycles. The standard InChI is InChI=1S/C29H23N3O7/c1-37-27-17-20(7-16-26(27)39-29(34)23-8-12-24(13-9-23)32(35)36)18-30-31-28(33)19-38-25-14-10-22(11-15-25)21-5-3-2-4-6-21/h2-18H,19H2,1H3,(H,31,33)/b30-18+. The van der Waals surface area contributed by atoms with Crippen molar-refractivity contribution >= 4 is 23.8 Å². The first-order valence-electron chi connectivity index (χ1n) is 11.7. The Morgan fingerprint density at radius 3 is 2.26 bits per heavy atom. The number of non-ortho nitro benzene ring substituents is 1. The predicted octanol–water partition coefficient (Wildman–Crippen LogP) is 5.02. The molecular weight excluding hydrogens is 502 g/mol. The van der Waals surface area contributed by atoms with Gasteiger partial charge in [0.1, 0.15) is 5.75 Å². The number of benzene rings is 4. The maximum Gasteiger partial charge on any atom is 0.343 e. The number of nitro groups is 1. The molecular formula is C29H23N3O7. The first kappa shape index (κ1) is 26.6. The molecule has 0 saturated carbocycles. The summed E-state index contributed by atoms with van der Waals surface area (Å²) < 4.78 is 16.2. The average molecular weight is 526 g/mol. The minimum absolute atomic E-state index is 0.135. The quantitative estimate of drug-likeness (QED) is 0.101. The van der Waals surface area contributed by atoms with E-state index in [0.717, 1.165) is 11.1 Å². The van der Waals surface area contributed by atoms with Gasteiger partial charge in [-0.3, -0.25) is 14.9 Å². The molecule has 0 radical (unpaired) electrons. The maximum atomic E-state index is 12.4. The van der Waals surface area contributed by atoms with Crippen molar-refractivity contribution in [3.05, 3.63) is 118 Å². The van der Waals surface area contributed by atoms with Gasteiger partial charge in [0.25, 0.3) is 11.6 Å². The summed E-state index contributed by atoms with van der Waals surface area (Å²) in [6.45, 7) is -0.219. The summed E-state index contributed by atoms with van der Waals surface area (Å²) in [5, 5.41) is 14.7. The number of carbonyl (C=O) groups excluding carboxylic acids is 2. The summed E-state index contributed by atoms with van der Waals surface area (Å²) >= 11 is 0. The van der Waals surface area contributed by atoms with Gasteiger partial charge in [-0.1, -0.05) is 42.5 Å². The number of methoxy groups -OCH3 is 1. The van der Waals surface area contributed by atoms with E-state index in [1.54, 1.807) is 24.3 Å². The first-order valence-corrected chi connectivity index (χ1v) is 11.7. The average Bonchev–Trinajstić information content (AvgIpc) is 2.97. The van der Waals surface area contributed by atoms with Crippen LogP contribution in [-0.4, -0.2) is 36.7 Å². The van der Waals surface area contributed by atoms with Crippen LogP contribution in [0.25, 0.3) is 11.1 Å². The third-order valence-corrected chi connectivity index (χ3v) is 5.44. The molecule has 196 valence electrons. The SMILES string of the molecule is COc1cc(/C=N/NC(=O)COc2ccc(-c3ccccc3)cc2)ccc1OC(=O)c1ccc([N+](=O)[O-])cc1. The zero-order chi connectivity index (χ0) is 27.6. The largest absolute Gasteiger partial charge is 0.493 e. The van der Waals surface area contributed by atoms with Gasteiger partial charge >= 0.3 is 5.97 Å². The van der Waals surface area contributed by atoms with Crippen molar-refractivity contribution < 1.29 is 28.7 Å². The Labute approximate surface area is 223 Å². The van der Waals surface area contributed by atoms with Crippen LogP contribution in [0, 0.1) is 10.1 Å². The monoisotopic (exact) mass is 525 g/mol. The van der Waals surface area contributed by atoms with E-state index in [9.17, 15) is 19.7 Å². The molecule has 0 aromatic heterocycles. The van der Waals surface area contributed by atoms with Crippen molar-refractivity contribution in [3.63, 3.8) is 0 Å². The van der Waals surface area contributed by atoms with Crippen LogP contribution < -0.4 is 19.6 Å². The Balaban J connectivity index is 1.28. The number of nitrogens with zero attached hydrogens (tertiary/aromatic N) is 2. The number of hydrazone groups is 1. The number of hydrogen-bond donors (Lipinski definition) is 1. The summed E-state index contributed by atoms with van der Waals surface area (Å²) in [7, 11) is 1.41. The van der Waals surface area contributed by atoms with Gasteiger partial charge in [-0.25, -0.2) is 10.2 Å². The molecule has 0 fully saturated rings. The minimum atomic E-state index is -0.702. The highest BCUT2D eigenvalue weighted by atomic mass is 16.6. The number of carbonyl (C=O) groups is 2. The molecule has 1 amide bonds. The van der Waals surface area contributed by atoms with Crippen molar-refractivity contribution in [2.24, 2.45) is 5.10 Å². The summed E-state index contributed by atoms with van der Waals surface area (Å²) in [4.78, 5) is 34.7. The van der Waals surface area contributed by atoms with Crippen molar-refractivity contribution in [1.82, 2.24) is 5.43 Å². The molecule has 0 heterocycles. The van der Waals surface area contributed by atoms with Crippen molar-refractivity contribution in [3.8, 4) is 28.4 Å². The summed E-state index contributed by atoms with van der Waals surface area (Å²) in [5.74, 6) is -0.195. The topological polar surface area (TPSA) is 129 Å². The molecule has 4 rings (SSSR count). The van der Waals surface area contributed by atoms with Crippen LogP contribution in [0.5, 0.6) is 17.2 Å². The molecule has 0 bridgehead atoms. The minimum Gasteiger partial charge on any atom is -0.493 e. The van der Waals surface area contributed by atoms with E-state index in [0.29, 0.717) is 11.3 Å². The van der Waals surface area contributed by atoms with Crippen LogP contribution in [0.2, 0.25) is 0 Å². The van der Waals surface area contributed by atoms with Crippen LogP contribution >= 0.6 is 0 Å². The molecule has 0 aliphatic rings. The van der Waals surface area contributed by atoms with Gasteiger partial charge in [-0.05, 0) is 59.2 Å². The highest BCUT2D eigenvalue weighted by molar-refractivity contribution is 5.92. The van der Waals surface area contributed by atoms with Gasteiger partial charge in [0.2, 0.25) is 0 Å². The molecule has 10 heteroatoms. The van der Waals surface area contributed by atoms with E-state index < -0.39 is 16.8 Å². The first-order chi connectivity index (χ1) is 18.9. The van der Waals surface area contributed by atoms with E-state index in [1.807, 2.05) is 42.5 Å². The number of ether oxygens (including phenoxy) is 3. The lowest BCUT2D eigenvalue weighted by Gasteiger charge is -2.10. The smallest absolute Gasteiger partial charge is 0.343 e. The molecule has 10 nitrogen and oxygen atoms in total. The van der Waals surface area contributed by atoms with Gasteiger partial charge in [0.15, 0.2) is 18.1 Å². The highest BCUT2D eigenvalue weighted by Gasteiger charge is 2.14. The molecule has 0 aliphatic heterocycles. The molecule has 0 aliphatic carbocycles. The molecule has 4 aromatic rings. The molecule has 1 N–H and O–H groups in total. The van der Waals surface area contributed by atoms with Crippen molar-refractivity contribution in [1.29, 1.82) is 0 Å². The van der Waals surface area contributed by atoms with Crippen molar-refractivity contribution in [2.75, 3.05) is 13.7 Å². The number of nitro benzene ring substituents is 1. The lowest BCUT2D eigenvalue weighted by molar-refractivity contribution is -0.384. The second kappa shape index (κ2) is 12.6. The van der Waals surface area contributed by atoms with E-state index in [2.05, 4.69) is 10.5 Å². The van der Waals surface area contributed by atoms with Gasteiger partial charge in [0, 0.05) is 12.1 Å². The lowest BCUT2D eigenvalue weighted by atomic mass is 10.1. The molecule has 39 heavy (non-hydrogen) atoms. The van der Waals surface area contributed by atoms with Crippen LogP contribution in [0.4, 0.5) is 5.69 Å². The molecule has 0 unspecified atom stereocenters. The fraction of sp³-hybridized carbons (Fsp3) is 0.0690. The summed E-state index contributed by atoms with van der Waals surface area (Å²) in [6, 6.07) is 27.1. The van der Waals surface area contributed by atoms with Crippen LogP contribution in [0.15, 0.2) is 102 Å². The molecule has 0 spiro atoms. The van der Waals surface area contributed by atoms with Crippen LogP contribution in [0.1, 0.15) is 15.9 Å². The number of esters is 1. The van der Waals surface area contributed by atoms with E-state index in [4.69, 9.17) is 14.2 Å². The Morgan fingerprint density at radius 1 is 0.897 bits per heavy atom. The Hall–Kier alpha value is -5.51. The van der Waals surface area contributed by atoms with Crippen LogP contribution in [0.3, 0.4) is 0 Å². The van der Waals surface area contributed by atoms with Gasteiger partial charge < -0.3 is 14.2 Å². The number of hydrogen-bond acceptors (Lipinski definition) is 8. The third-order valence-electron chi connectivity index (χ3n) is 5.44. The molecule has 0 atom stereocenters. The molecule has 4 aromatic carbocycles. The number of nitrogens with one attached hydrogen (secondary N) is 1. The zero-order valence-electron chi connectivity index (χ0n) is 20.8. The highest BCUT2D eigenvalue weighted by Crippen LogP contribution is 2.28. The Bertz CT molecular complexity index is 1490. The Kier molecular flexibility index (Phi) is 8.60. The maximum absolute atomic E-state index is 12.4. The van der Waals surface area contributed by atoms with Gasteiger partial charge in [0.05, 0.1) is 23.8 Å². The van der Waals surface area contributed by atoms with Gasteiger partial charge in [-0.15, -0.1) is 0 Å². The van der Waals surface area contributed by atoms with E-state index in [-0.39, 0.29) is 29.4 Å². The second-order valence-electron chi connectivity index (χ2n) is 8.08. The van der Waals surface area contributed by atoms with E-state index >= 15 is 0 Å². The Morgan fingerprint density at radius 2 is 1.59 bits per heavy atom. The van der Waals surface area contributed by atoms with Crippen molar-refractivity contribution in [2.45, 2.75) is 0 Å². The van der Waals surface area contributed by atoms with Crippen LogP contribution in [-0.2, 0) is 4.79 Å². The normalized spacial score (nSPS) is 10.6. The third kappa shape index (κ3) is 7.26. The zero-order valence-corrected chi connectivity index (χ0v) is 20.8.